The number of halogens is 1. The van der Waals surface area contributed by atoms with Crippen LogP contribution in [0.1, 0.15) is 12.8 Å². The van der Waals surface area contributed by atoms with E-state index in [0.29, 0.717) is 5.92 Å². The fraction of sp³-hybridized carbons (Fsp3) is 0.400. The van der Waals surface area contributed by atoms with Gasteiger partial charge in [0.1, 0.15) is 5.75 Å². The Hall–Kier alpha value is -1.13. The maximum absolute atomic E-state index is 5.99. The summed E-state index contributed by atoms with van der Waals surface area (Å²) in [5.41, 5.74) is 0. The fourth-order valence-electron chi connectivity index (χ4n) is 2.48. The molecule has 0 radical (unpaired) electrons. The van der Waals surface area contributed by atoms with Gasteiger partial charge in [-0.1, -0.05) is 0 Å². The van der Waals surface area contributed by atoms with Crippen molar-refractivity contribution in [3.63, 3.8) is 0 Å². The van der Waals surface area contributed by atoms with Gasteiger partial charge in [0.05, 0.1) is 11.1 Å². The lowest BCUT2D eigenvalue weighted by molar-refractivity contribution is 0.214. The minimum absolute atomic E-state index is 0.668. The van der Waals surface area contributed by atoms with Crippen molar-refractivity contribution >= 4 is 26.7 Å². The molecule has 1 aliphatic rings. The Bertz CT molecular complexity index is 567. The van der Waals surface area contributed by atoms with Crippen molar-refractivity contribution in [2.24, 2.45) is 5.92 Å². The second kappa shape index (κ2) is 5.88. The van der Waals surface area contributed by atoms with E-state index >= 15 is 0 Å². The number of piperidine rings is 1. The minimum Gasteiger partial charge on any atom is -0.492 e. The van der Waals surface area contributed by atoms with Crippen LogP contribution in [0.4, 0.5) is 0 Å². The third-order valence-electron chi connectivity index (χ3n) is 3.65. The van der Waals surface area contributed by atoms with Crippen LogP contribution in [-0.4, -0.2) is 24.7 Å². The largest absolute Gasteiger partial charge is 0.492 e. The summed E-state index contributed by atoms with van der Waals surface area (Å²) in [4.78, 5) is 4.13. The summed E-state index contributed by atoms with van der Waals surface area (Å²) in [6, 6.07) is 6.09. The molecule has 1 N–H and O–H groups in total. The number of aromatic nitrogens is 1. The van der Waals surface area contributed by atoms with E-state index in [4.69, 9.17) is 4.74 Å². The quantitative estimate of drug-likeness (QED) is 0.941. The highest BCUT2D eigenvalue weighted by Gasteiger charge is 2.14. The zero-order valence-electron chi connectivity index (χ0n) is 10.7. The Kier molecular flexibility index (Phi) is 3.99. The van der Waals surface area contributed by atoms with Crippen molar-refractivity contribution in [2.75, 3.05) is 19.7 Å². The summed E-state index contributed by atoms with van der Waals surface area (Å²) in [6.07, 6.45) is 6.09. The van der Waals surface area contributed by atoms with Crippen molar-refractivity contribution in [1.29, 1.82) is 0 Å². The number of nitrogens with zero attached hydrogens (tertiary/aromatic N) is 1. The lowest BCUT2D eigenvalue weighted by Gasteiger charge is -2.23. The molecule has 1 aromatic heterocycles. The highest BCUT2D eigenvalue weighted by atomic mass is 79.9. The molecule has 2 aromatic rings. The zero-order valence-corrected chi connectivity index (χ0v) is 12.3. The number of pyridine rings is 1. The van der Waals surface area contributed by atoms with Crippen LogP contribution in [0.5, 0.6) is 5.75 Å². The first-order valence-electron chi connectivity index (χ1n) is 6.70. The molecule has 100 valence electrons. The molecule has 4 heteroatoms. The average molecular weight is 321 g/mol. The zero-order chi connectivity index (χ0) is 13.1. The summed E-state index contributed by atoms with van der Waals surface area (Å²) in [5, 5.41) is 5.66. The number of benzene rings is 1. The van der Waals surface area contributed by atoms with Crippen LogP contribution in [-0.2, 0) is 0 Å². The molecule has 0 bridgehead atoms. The number of hydrogen-bond donors (Lipinski definition) is 1. The van der Waals surface area contributed by atoms with E-state index in [9.17, 15) is 0 Å². The van der Waals surface area contributed by atoms with Gasteiger partial charge in [-0.3, -0.25) is 4.98 Å². The predicted octanol–water partition coefficient (Wildman–Crippen LogP) is 3.38. The summed E-state index contributed by atoms with van der Waals surface area (Å²) >= 11 is 3.64. The van der Waals surface area contributed by atoms with Crippen molar-refractivity contribution in [3.8, 4) is 5.75 Å². The van der Waals surface area contributed by atoms with Crippen LogP contribution in [0, 0.1) is 5.92 Å². The first kappa shape index (κ1) is 12.9. The third-order valence-corrected chi connectivity index (χ3v) is 4.47. The fourth-order valence-corrected chi connectivity index (χ4v) is 3.09. The van der Waals surface area contributed by atoms with Crippen molar-refractivity contribution in [2.45, 2.75) is 12.8 Å². The molecule has 0 amide bonds. The van der Waals surface area contributed by atoms with E-state index in [1.54, 1.807) is 0 Å². The Morgan fingerprint density at radius 2 is 2.11 bits per heavy atom. The summed E-state index contributed by atoms with van der Waals surface area (Å²) in [6.45, 7) is 3.02. The standard InChI is InChI=1S/C15H17BrN2O/c16-15-13-5-8-18-9-12(13)1-2-14(15)19-10-11-3-6-17-7-4-11/h1-2,5,8-9,11,17H,3-4,6-7,10H2. The molecule has 0 unspecified atom stereocenters. The number of ether oxygens (including phenoxy) is 1. The van der Waals surface area contributed by atoms with Gasteiger partial charge in [-0.05, 0) is 66.0 Å². The molecule has 2 heterocycles. The second-order valence-electron chi connectivity index (χ2n) is 4.98. The molecule has 3 nitrogen and oxygen atoms in total. The van der Waals surface area contributed by atoms with Crippen LogP contribution in [0.3, 0.4) is 0 Å². The molecule has 0 saturated carbocycles. The van der Waals surface area contributed by atoms with E-state index in [1.165, 1.54) is 12.8 Å². The smallest absolute Gasteiger partial charge is 0.134 e. The first-order chi connectivity index (χ1) is 9.34. The van der Waals surface area contributed by atoms with Gasteiger partial charge in [0.15, 0.2) is 0 Å². The molecule has 0 aliphatic carbocycles. The molecule has 1 saturated heterocycles. The summed E-state index contributed by atoms with van der Waals surface area (Å²) < 4.78 is 7.02. The molecule has 1 aliphatic heterocycles. The Balaban J connectivity index is 1.75. The Morgan fingerprint density at radius 3 is 2.95 bits per heavy atom. The molecule has 3 rings (SSSR count). The monoisotopic (exact) mass is 320 g/mol. The van der Waals surface area contributed by atoms with E-state index in [2.05, 4.69) is 32.3 Å². The van der Waals surface area contributed by atoms with Crippen LogP contribution in [0.15, 0.2) is 35.1 Å². The molecule has 1 aromatic carbocycles. The number of nitrogens with one attached hydrogen (secondary N) is 1. The predicted molar refractivity (Wildman–Crippen MR) is 80.5 cm³/mol. The normalized spacial score (nSPS) is 16.7. The highest BCUT2D eigenvalue weighted by Crippen LogP contribution is 2.33. The van der Waals surface area contributed by atoms with Crippen LogP contribution >= 0.6 is 15.9 Å². The highest BCUT2D eigenvalue weighted by molar-refractivity contribution is 9.10. The molecule has 0 atom stereocenters. The SMILES string of the molecule is Brc1c(OCC2CCNCC2)ccc2cnccc12. The van der Waals surface area contributed by atoms with Crippen LogP contribution in [0.25, 0.3) is 10.8 Å². The lowest BCUT2D eigenvalue weighted by Crippen LogP contribution is -2.30. The van der Waals surface area contributed by atoms with Gasteiger partial charge in [-0.25, -0.2) is 0 Å². The van der Waals surface area contributed by atoms with Crippen molar-refractivity contribution in [1.82, 2.24) is 10.3 Å². The molecule has 0 spiro atoms. The van der Waals surface area contributed by atoms with Gasteiger partial charge in [0, 0.05) is 23.2 Å². The molecule has 1 fully saturated rings. The Labute approximate surface area is 121 Å². The van der Waals surface area contributed by atoms with E-state index < -0.39 is 0 Å². The maximum Gasteiger partial charge on any atom is 0.134 e. The van der Waals surface area contributed by atoms with Gasteiger partial charge in [0.2, 0.25) is 0 Å². The first-order valence-corrected chi connectivity index (χ1v) is 7.49. The topological polar surface area (TPSA) is 34.1 Å². The third kappa shape index (κ3) is 2.90. The lowest BCUT2D eigenvalue weighted by atomic mass is 9.99. The van der Waals surface area contributed by atoms with Crippen molar-refractivity contribution in [3.05, 3.63) is 35.1 Å². The van der Waals surface area contributed by atoms with Crippen molar-refractivity contribution < 1.29 is 4.74 Å². The minimum atomic E-state index is 0.668. The van der Waals surface area contributed by atoms with Gasteiger partial charge < -0.3 is 10.1 Å². The second-order valence-corrected chi connectivity index (χ2v) is 5.77. The van der Waals surface area contributed by atoms with Gasteiger partial charge in [-0.15, -0.1) is 0 Å². The average Bonchev–Trinajstić information content (AvgIpc) is 2.48. The van der Waals surface area contributed by atoms with E-state index in [1.807, 2.05) is 24.5 Å². The van der Waals surface area contributed by atoms with Crippen LogP contribution in [0.2, 0.25) is 0 Å². The maximum atomic E-state index is 5.99. The summed E-state index contributed by atoms with van der Waals surface area (Å²) in [7, 11) is 0. The molecular formula is C15H17BrN2O. The molecule has 19 heavy (non-hydrogen) atoms. The molecular weight excluding hydrogens is 304 g/mol. The van der Waals surface area contributed by atoms with Gasteiger partial charge >= 0.3 is 0 Å². The van der Waals surface area contributed by atoms with Crippen LogP contribution < -0.4 is 10.1 Å². The Morgan fingerprint density at radius 1 is 1.26 bits per heavy atom. The van der Waals surface area contributed by atoms with E-state index in [0.717, 1.165) is 40.7 Å². The number of hydrogen-bond acceptors (Lipinski definition) is 3. The summed E-state index contributed by atoms with van der Waals surface area (Å²) in [5.74, 6) is 1.60. The van der Waals surface area contributed by atoms with E-state index in [-0.39, 0.29) is 0 Å². The number of fused-ring (bicyclic) bond motifs is 1. The van der Waals surface area contributed by atoms with Gasteiger partial charge in [-0.2, -0.15) is 0 Å². The number of rotatable bonds is 3. The van der Waals surface area contributed by atoms with Gasteiger partial charge in [0.25, 0.3) is 0 Å².